The molecular weight excluding hydrogens is 424 g/mol. The second kappa shape index (κ2) is 8.97. The van der Waals surface area contributed by atoms with Crippen LogP contribution >= 0.6 is 11.3 Å². The number of thiophene rings is 1. The molecule has 8 nitrogen and oxygen atoms in total. The Morgan fingerprint density at radius 1 is 0.645 bits per heavy atom. The van der Waals surface area contributed by atoms with E-state index in [-0.39, 0.29) is 20.9 Å². The van der Waals surface area contributed by atoms with Gasteiger partial charge in [-0.1, -0.05) is 12.1 Å². The van der Waals surface area contributed by atoms with Crippen molar-refractivity contribution < 1.29 is 38.7 Å². The second-order valence-corrected chi connectivity index (χ2v) is 7.28. The van der Waals surface area contributed by atoms with E-state index >= 15 is 0 Å². The van der Waals surface area contributed by atoms with E-state index in [4.69, 9.17) is 18.9 Å². The molecule has 0 fully saturated rings. The first-order chi connectivity index (χ1) is 14.9. The van der Waals surface area contributed by atoms with Crippen molar-refractivity contribution in [2.24, 2.45) is 0 Å². The molecule has 0 unspecified atom stereocenters. The van der Waals surface area contributed by atoms with Crippen molar-refractivity contribution in [3.8, 4) is 45.3 Å². The second-order valence-electron chi connectivity index (χ2n) is 6.26. The van der Waals surface area contributed by atoms with Crippen LogP contribution in [-0.4, -0.2) is 50.6 Å². The number of benzene rings is 2. The van der Waals surface area contributed by atoms with Gasteiger partial charge in [-0.3, -0.25) is 0 Å². The van der Waals surface area contributed by atoms with Gasteiger partial charge in [0, 0.05) is 11.1 Å². The van der Waals surface area contributed by atoms with Crippen LogP contribution in [0.25, 0.3) is 22.3 Å². The Balaban J connectivity index is 2.38. The summed E-state index contributed by atoms with van der Waals surface area (Å²) in [6, 6.07) is 9.82. The molecular formula is C22H20O8S. The zero-order valence-corrected chi connectivity index (χ0v) is 18.0. The first-order valence-corrected chi connectivity index (χ1v) is 9.76. The van der Waals surface area contributed by atoms with Crippen LogP contribution in [0.15, 0.2) is 36.4 Å². The van der Waals surface area contributed by atoms with Gasteiger partial charge in [-0.2, -0.15) is 0 Å². The third kappa shape index (κ3) is 3.99. The number of carboxylic acids is 2. The average molecular weight is 444 g/mol. The maximum Gasteiger partial charge on any atom is 0.346 e. The molecule has 0 bridgehead atoms. The third-order valence-electron chi connectivity index (χ3n) is 4.64. The van der Waals surface area contributed by atoms with Crippen molar-refractivity contribution in [1.82, 2.24) is 0 Å². The fraction of sp³-hybridized carbons (Fsp3) is 0.182. The Kier molecular flexibility index (Phi) is 6.36. The van der Waals surface area contributed by atoms with E-state index in [2.05, 4.69) is 0 Å². The van der Waals surface area contributed by atoms with Gasteiger partial charge in [0.1, 0.15) is 9.75 Å². The largest absolute Gasteiger partial charge is 0.493 e. The highest BCUT2D eigenvalue weighted by atomic mass is 32.1. The smallest absolute Gasteiger partial charge is 0.346 e. The summed E-state index contributed by atoms with van der Waals surface area (Å²) in [7, 11) is 5.90. The van der Waals surface area contributed by atoms with Crippen molar-refractivity contribution >= 4 is 23.3 Å². The Morgan fingerprint density at radius 2 is 1.00 bits per heavy atom. The molecule has 1 aromatic heterocycles. The monoisotopic (exact) mass is 444 g/mol. The van der Waals surface area contributed by atoms with Crippen molar-refractivity contribution in [1.29, 1.82) is 0 Å². The minimum Gasteiger partial charge on any atom is -0.493 e. The number of rotatable bonds is 8. The third-order valence-corrected chi connectivity index (χ3v) is 5.81. The Hall–Kier alpha value is -3.72. The van der Waals surface area contributed by atoms with Gasteiger partial charge in [-0.05, 0) is 35.4 Å². The van der Waals surface area contributed by atoms with E-state index in [0.717, 1.165) is 0 Å². The van der Waals surface area contributed by atoms with Crippen LogP contribution in [0, 0.1) is 0 Å². The van der Waals surface area contributed by atoms with Crippen LogP contribution in [-0.2, 0) is 0 Å². The average Bonchev–Trinajstić information content (AvgIpc) is 3.19. The molecule has 0 radical (unpaired) electrons. The summed E-state index contributed by atoms with van der Waals surface area (Å²) in [5.74, 6) is -0.766. The van der Waals surface area contributed by atoms with Crippen LogP contribution < -0.4 is 18.9 Å². The van der Waals surface area contributed by atoms with Crippen molar-refractivity contribution in [2.75, 3.05) is 28.4 Å². The summed E-state index contributed by atoms with van der Waals surface area (Å²) in [6.07, 6.45) is 0. The lowest BCUT2D eigenvalue weighted by Crippen LogP contribution is -1.98. The number of carbonyl (C=O) groups is 2. The number of ether oxygens (including phenoxy) is 4. The summed E-state index contributed by atoms with van der Waals surface area (Å²) in [4.78, 5) is 23.9. The molecule has 0 aliphatic carbocycles. The van der Waals surface area contributed by atoms with Crippen molar-refractivity contribution in [2.45, 2.75) is 0 Å². The zero-order chi connectivity index (χ0) is 22.7. The van der Waals surface area contributed by atoms with Gasteiger partial charge in [-0.15, -0.1) is 11.3 Å². The molecule has 162 valence electrons. The lowest BCUT2D eigenvalue weighted by Gasteiger charge is -2.13. The lowest BCUT2D eigenvalue weighted by molar-refractivity contribution is 0.0694. The highest BCUT2D eigenvalue weighted by molar-refractivity contribution is 7.17. The van der Waals surface area contributed by atoms with E-state index in [1.165, 1.54) is 28.4 Å². The predicted molar refractivity (Wildman–Crippen MR) is 115 cm³/mol. The van der Waals surface area contributed by atoms with E-state index in [1.54, 1.807) is 36.4 Å². The SMILES string of the molecule is COc1ccc(-c2c(C(=O)O)sc(C(=O)O)c2-c2ccc(OC)c(OC)c2)cc1OC. The van der Waals surface area contributed by atoms with Gasteiger partial charge < -0.3 is 29.2 Å². The first kappa shape index (κ1) is 22.0. The van der Waals surface area contributed by atoms with Crippen LogP contribution in [0.5, 0.6) is 23.0 Å². The molecule has 0 atom stereocenters. The van der Waals surface area contributed by atoms with Crippen LogP contribution in [0.3, 0.4) is 0 Å². The normalized spacial score (nSPS) is 10.5. The summed E-state index contributed by atoms with van der Waals surface area (Å²) in [5.41, 5.74) is 1.48. The minimum atomic E-state index is -1.23. The molecule has 0 spiro atoms. The maximum absolute atomic E-state index is 12.0. The Bertz CT molecular complexity index is 1060. The van der Waals surface area contributed by atoms with Gasteiger partial charge in [0.05, 0.1) is 28.4 Å². The quantitative estimate of drug-likeness (QED) is 0.522. The van der Waals surface area contributed by atoms with E-state index in [1.807, 2.05) is 0 Å². The number of carboxylic acid groups (broad SMARTS) is 2. The van der Waals surface area contributed by atoms with Crippen LogP contribution in [0.1, 0.15) is 19.3 Å². The number of hydrogen-bond acceptors (Lipinski definition) is 7. The molecule has 0 saturated heterocycles. The summed E-state index contributed by atoms with van der Waals surface area (Å²) in [6.45, 7) is 0. The molecule has 31 heavy (non-hydrogen) atoms. The van der Waals surface area contributed by atoms with Gasteiger partial charge in [0.2, 0.25) is 0 Å². The Labute approximate surface area is 182 Å². The van der Waals surface area contributed by atoms with Crippen molar-refractivity contribution in [3.63, 3.8) is 0 Å². The number of hydrogen-bond donors (Lipinski definition) is 2. The summed E-state index contributed by atoms with van der Waals surface area (Å²) >= 11 is 0.696. The molecule has 2 aromatic carbocycles. The Morgan fingerprint density at radius 3 is 1.29 bits per heavy atom. The molecule has 3 rings (SSSR count). The molecule has 0 saturated carbocycles. The molecule has 9 heteroatoms. The minimum absolute atomic E-state index is 0.102. The standard InChI is InChI=1S/C22H20O8S/c1-27-13-7-5-11(9-15(13)29-3)17-18(20(22(25)26)31-19(17)21(23)24)12-6-8-14(28-2)16(10-12)30-4/h5-10H,1-4H3,(H,23,24)(H,25,26). The van der Waals surface area contributed by atoms with E-state index < -0.39 is 11.9 Å². The fourth-order valence-electron chi connectivity index (χ4n) is 3.27. The zero-order valence-electron chi connectivity index (χ0n) is 17.2. The fourth-order valence-corrected chi connectivity index (χ4v) is 4.29. The van der Waals surface area contributed by atoms with Gasteiger partial charge in [-0.25, -0.2) is 9.59 Å². The molecule has 0 aliphatic rings. The molecule has 0 amide bonds. The van der Waals surface area contributed by atoms with Gasteiger partial charge >= 0.3 is 11.9 Å². The lowest BCUT2D eigenvalue weighted by atomic mass is 9.94. The van der Waals surface area contributed by atoms with Gasteiger partial charge in [0.15, 0.2) is 23.0 Å². The maximum atomic E-state index is 12.0. The molecule has 0 aliphatic heterocycles. The summed E-state index contributed by atoms with van der Waals surface area (Å²) in [5, 5.41) is 19.6. The number of aromatic carboxylic acids is 2. The van der Waals surface area contributed by atoms with Crippen LogP contribution in [0.4, 0.5) is 0 Å². The first-order valence-electron chi connectivity index (χ1n) is 8.94. The van der Waals surface area contributed by atoms with E-state index in [9.17, 15) is 19.8 Å². The summed E-state index contributed by atoms with van der Waals surface area (Å²) < 4.78 is 21.2. The van der Waals surface area contributed by atoms with E-state index in [0.29, 0.717) is 45.5 Å². The molecule has 2 N–H and O–H groups in total. The van der Waals surface area contributed by atoms with Gasteiger partial charge in [0.25, 0.3) is 0 Å². The molecule has 1 heterocycles. The highest BCUT2D eigenvalue weighted by Crippen LogP contribution is 2.46. The predicted octanol–water partition coefficient (Wildman–Crippen LogP) is 4.51. The highest BCUT2D eigenvalue weighted by Gasteiger charge is 2.29. The topological polar surface area (TPSA) is 112 Å². The number of methoxy groups -OCH3 is 4. The van der Waals surface area contributed by atoms with Crippen molar-refractivity contribution in [3.05, 3.63) is 46.2 Å². The molecule has 3 aromatic rings. The van der Waals surface area contributed by atoms with Crippen LogP contribution in [0.2, 0.25) is 0 Å².